The molecule has 1 aromatic carbocycles. The molecule has 3 rings (SSSR count). The Morgan fingerprint density at radius 3 is 3.05 bits per heavy atom. The zero-order valence-corrected chi connectivity index (χ0v) is 13.2. The molecule has 2 aliphatic rings. The monoisotopic (exact) mass is 336 g/mol. The highest BCUT2D eigenvalue weighted by Gasteiger charge is 2.41. The van der Waals surface area contributed by atoms with Gasteiger partial charge < -0.3 is 5.11 Å². The van der Waals surface area contributed by atoms with Crippen LogP contribution in [0.5, 0.6) is 0 Å². The predicted octanol–water partition coefficient (Wildman–Crippen LogP) is 4.84. The Morgan fingerprint density at radius 2 is 2.26 bits per heavy atom. The van der Waals surface area contributed by atoms with Gasteiger partial charge in [0.25, 0.3) is 0 Å². The molecule has 0 aromatic heterocycles. The molecule has 19 heavy (non-hydrogen) atoms. The lowest BCUT2D eigenvalue weighted by molar-refractivity contribution is 0.0205. The molecule has 1 saturated heterocycles. The average Bonchev–Trinajstić information content (AvgIpc) is 2.38. The van der Waals surface area contributed by atoms with Gasteiger partial charge in [0.1, 0.15) is 0 Å². The van der Waals surface area contributed by atoms with Gasteiger partial charge >= 0.3 is 0 Å². The summed E-state index contributed by atoms with van der Waals surface area (Å²) in [5.74, 6) is 0.176. The van der Waals surface area contributed by atoms with Crippen molar-refractivity contribution in [2.75, 3.05) is 0 Å². The van der Waals surface area contributed by atoms with Crippen molar-refractivity contribution in [1.29, 1.82) is 0 Å². The van der Waals surface area contributed by atoms with Gasteiger partial charge in [0.05, 0.1) is 5.60 Å². The molecule has 1 aromatic rings. The number of fused-ring (bicyclic) bond motifs is 1. The number of thioether (sulfide) groups is 1. The lowest BCUT2D eigenvalue weighted by atomic mass is 9.81. The van der Waals surface area contributed by atoms with Gasteiger partial charge in [-0.2, -0.15) is 0 Å². The minimum absolute atomic E-state index is 0.176. The topological polar surface area (TPSA) is 20.2 Å². The van der Waals surface area contributed by atoms with Crippen molar-refractivity contribution in [2.24, 2.45) is 5.92 Å². The van der Waals surface area contributed by atoms with E-state index in [4.69, 9.17) is 0 Å². The summed E-state index contributed by atoms with van der Waals surface area (Å²) in [6.45, 7) is 1.96. The lowest BCUT2D eigenvalue weighted by Gasteiger charge is -2.42. The van der Waals surface area contributed by atoms with E-state index in [1.807, 2.05) is 24.8 Å². The van der Waals surface area contributed by atoms with Gasteiger partial charge in [0.15, 0.2) is 0 Å². The molecule has 1 heterocycles. The molecular weight excluding hydrogens is 320 g/mol. The van der Waals surface area contributed by atoms with Crippen LogP contribution >= 0.6 is 27.7 Å². The maximum absolute atomic E-state index is 10.8. The first-order valence-electron chi connectivity index (χ1n) is 6.57. The highest BCUT2D eigenvalue weighted by Crippen LogP contribution is 2.53. The van der Waals surface area contributed by atoms with E-state index in [0.29, 0.717) is 5.25 Å². The Kier molecular flexibility index (Phi) is 3.63. The molecular formula is C16H17BrOS. The molecule has 3 atom stereocenters. The van der Waals surface area contributed by atoms with E-state index in [9.17, 15) is 5.11 Å². The number of allylic oxidation sites excluding steroid dienone is 2. The maximum Gasteiger partial charge on any atom is 0.0741 e. The molecule has 1 N–H and O–H groups in total. The molecule has 0 spiro atoms. The van der Waals surface area contributed by atoms with Crippen LogP contribution in [-0.4, -0.2) is 10.7 Å². The molecule has 3 unspecified atom stereocenters. The van der Waals surface area contributed by atoms with E-state index in [2.05, 4.69) is 52.4 Å². The van der Waals surface area contributed by atoms with Crippen LogP contribution in [0, 0.1) is 5.92 Å². The fourth-order valence-corrected chi connectivity index (χ4v) is 4.98. The highest BCUT2D eigenvalue weighted by molar-refractivity contribution is 9.10. The van der Waals surface area contributed by atoms with Crippen LogP contribution < -0.4 is 0 Å². The summed E-state index contributed by atoms with van der Waals surface area (Å²) < 4.78 is 1.10. The molecule has 1 aliphatic heterocycles. The van der Waals surface area contributed by atoms with Crippen LogP contribution in [0.1, 0.15) is 30.6 Å². The number of hydrogen-bond acceptors (Lipinski definition) is 2. The zero-order chi connectivity index (χ0) is 13.5. The van der Waals surface area contributed by atoms with Crippen molar-refractivity contribution in [2.45, 2.75) is 30.6 Å². The third kappa shape index (κ3) is 2.69. The minimum atomic E-state index is -0.652. The molecule has 100 valence electrons. The van der Waals surface area contributed by atoms with E-state index < -0.39 is 5.60 Å². The third-order valence-electron chi connectivity index (χ3n) is 3.86. The maximum atomic E-state index is 10.8. The molecule has 1 nitrogen and oxygen atoms in total. The Bertz CT molecular complexity index is 547. The summed E-state index contributed by atoms with van der Waals surface area (Å²) in [5, 5.41) is 11.1. The molecule has 3 heteroatoms. The van der Waals surface area contributed by atoms with Crippen molar-refractivity contribution in [3.63, 3.8) is 0 Å². The summed E-state index contributed by atoms with van der Waals surface area (Å²) in [6, 6.07) is 8.42. The average molecular weight is 337 g/mol. The Morgan fingerprint density at radius 1 is 1.42 bits per heavy atom. The number of hydrogen-bond donors (Lipinski definition) is 1. The van der Waals surface area contributed by atoms with E-state index in [0.717, 1.165) is 17.3 Å². The molecule has 0 amide bonds. The summed E-state index contributed by atoms with van der Waals surface area (Å²) in [4.78, 5) is 1.32. The van der Waals surface area contributed by atoms with Gasteiger partial charge in [-0.15, -0.1) is 11.8 Å². The van der Waals surface area contributed by atoms with Crippen LogP contribution in [-0.2, 0) is 0 Å². The fraction of sp³-hybridized carbons (Fsp3) is 0.375. The lowest BCUT2D eigenvalue weighted by Crippen LogP contribution is -2.39. The van der Waals surface area contributed by atoms with Crippen LogP contribution in [0.25, 0.3) is 0 Å². The molecule has 0 radical (unpaired) electrons. The molecule has 1 fully saturated rings. The first-order chi connectivity index (χ1) is 9.06. The van der Waals surface area contributed by atoms with E-state index in [1.54, 1.807) is 0 Å². The van der Waals surface area contributed by atoms with Crippen LogP contribution in [0.2, 0.25) is 0 Å². The predicted molar refractivity (Wildman–Crippen MR) is 85.0 cm³/mol. The van der Waals surface area contributed by atoms with Crippen molar-refractivity contribution in [1.82, 2.24) is 0 Å². The second kappa shape index (κ2) is 5.12. The van der Waals surface area contributed by atoms with E-state index >= 15 is 0 Å². The molecule has 1 aliphatic carbocycles. The fourth-order valence-electron chi connectivity index (χ4n) is 2.86. The van der Waals surface area contributed by atoms with Crippen molar-refractivity contribution >= 4 is 27.7 Å². The van der Waals surface area contributed by atoms with Gasteiger partial charge in [0.2, 0.25) is 0 Å². The minimum Gasteiger partial charge on any atom is -0.389 e. The number of halogens is 1. The van der Waals surface area contributed by atoms with E-state index in [1.165, 1.54) is 10.5 Å². The highest BCUT2D eigenvalue weighted by atomic mass is 79.9. The summed E-state index contributed by atoms with van der Waals surface area (Å²) in [6.07, 6.45) is 8.36. The van der Waals surface area contributed by atoms with E-state index in [-0.39, 0.29) is 5.92 Å². The van der Waals surface area contributed by atoms with Gasteiger partial charge in [-0.05, 0) is 42.4 Å². The second-order valence-electron chi connectivity index (χ2n) is 5.47. The normalized spacial score (nSPS) is 33.7. The largest absolute Gasteiger partial charge is 0.389 e. The van der Waals surface area contributed by atoms with Gasteiger partial charge in [-0.25, -0.2) is 0 Å². The van der Waals surface area contributed by atoms with Gasteiger partial charge in [0, 0.05) is 15.6 Å². The van der Waals surface area contributed by atoms with Crippen molar-refractivity contribution < 1.29 is 5.11 Å². The standard InChI is InChI=1S/C16H17BrOS/c1-16(18)10-15(11-5-4-6-12(17)9-11)19-14-8-3-2-7-13(14)16/h2,4-9,13,15,18H,3,10H2,1H3. The first-order valence-corrected chi connectivity index (χ1v) is 8.25. The number of rotatable bonds is 1. The van der Waals surface area contributed by atoms with Crippen LogP contribution in [0.3, 0.4) is 0 Å². The van der Waals surface area contributed by atoms with Crippen molar-refractivity contribution in [3.05, 3.63) is 57.4 Å². The molecule has 0 bridgehead atoms. The summed E-state index contributed by atoms with van der Waals surface area (Å²) >= 11 is 5.44. The number of aliphatic hydroxyl groups is 1. The smallest absolute Gasteiger partial charge is 0.0741 e. The van der Waals surface area contributed by atoms with Crippen LogP contribution in [0.4, 0.5) is 0 Å². The first kappa shape index (κ1) is 13.5. The quantitative estimate of drug-likeness (QED) is 0.740. The third-order valence-corrected chi connectivity index (χ3v) is 5.77. The Balaban J connectivity index is 1.92. The second-order valence-corrected chi connectivity index (χ2v) is 7.66. The summed E-state index contributed by atoms with van der Waals surface area (Å²) in [5.41, 5.74) is 0.634. The Hall–Kier alpha value is -0.510. The zero-order valence-electron chi connectivity index (χ0n) is 10.8. The van der Waals surface area contributed by atoms with Gasteiger partial charge in [-0.1, -0.05) is 46.3 Å². The SMILES string of the molecule is CC1(O)CC(c2cccc(Br)c2)SC2=CCC=CC21. The van der Waals surface area contributed by atoms with Crippen LogP contribution in [0.15, 0.2) is 51.9 Å². The summed E-state index contributed by atoms with van der Waals surface area (Å²) in [7, 11) is 0. The Labute approximate surface area is 126 Å². The van der Waals surface area contributed by atoms with Crippen molar-refractivity contribution in [3.8, 4) is 0 Å². The number of benzene rings is 1. The van der Waals surface area contributed by atoms with Gasteiger partial charge in [-0.3, -0.25) is 0 Å². The molecule has 0 saturated carbocycles.